The summed E-state index contributed by atoms with van der Waals surface area (Å²) in [5, 5.41) is 0. The van der Waals surface area contributed by atoms with Gasteiger partial charge in [-0.1, -0.05) is 38.5 Å². The van der Waals surface area contributed by atoms with Crippen LogP contribution in [-0.2, 0) is 9.09 Å². The monoisotopic (exact) mass is 242 g/mol. The van der Waals surface area contributed by atoms with E-state index in [1.54, 1.807) is 12.1 Å². The van der Waals surface area contributed by atoms with Gasteiger partial charge in [-0.15, -0.1) is 0 Å². The molecule has 0 saturated heterocycles. The second-order valence-electron chi connectivity index (χ2n) is 3.52. The fourth-order valence-electron chi connectivity index (χ4n) is 1.17. The molecule has 0 spiro atoms. The molecule has 1 unspecified atom stereocenters. The minimum absolute atomic E-state index is 0.394. The van der Waals surface area contributed by atoms with Crippen LogP contribution in [0.2, 0.25) is 0 Å². The van der Waals surface area contributed by atoms with E-state index < -0.39 is 7.60 Å². The molecule has 0 heterocycles. The van der Waals surface area contributed by atoms with E-state index in [0.717, 1.165) is 12.8 Å². The summed E-state index contributed by atoms with van der Waals surface area (Å²) in [5.41, 5.74) is 0. The number of unbranched alkanes of at least 4 members (excludes halogenated alkanes) is 1. The van der Waals surface area contributed by atoms with Crippen molar-refractivity contribution in [1.82, 2.24) is 0 Å². The Morgan fingerprint density at radius 2 is 1.88 bits per heavy atom. The van der Waals surface area contributed by atoms with Gasteiger partial charge in [0.05, 0.1) is 12.8 Å². The van der Waals surface area contributed by atoms with Crippen molar-refractivity contribution in [3.63, 3.8) is 0 Å². The zero-order chi connectivity index (χ0) is 11.9. The SMILES string of the molecule is CCCCOP(=O)(CC)Oc1ccccc1. The molecule has 1 aromatic rings. The maximum atomic E-state index is 12.2. The summed E-state index contributed by atoms with van der Waals surface area (Å²) < 4.78 is 23.0. The molecule has 0 aromatic heterocycles. The highest BCUT2D eigenvalue weighted by Crippen LogP contribution is 2.47. The Kier molecular flexibility index (Phi) is 5.58. The van der Waals surface area contributed by atoms with Crippen LogP contribution in [0.5, 0.6) is 5.75 Å². The van der Waals surface area contributed by atoms with Gasteiger partial charge in [-0.05, 0) is 18.6 Å². The molecular weight excluding hydrogens is 223 g/mol. The second kappa shape index (κ2) is 6.72. The van der Waals surface area contributed by atoms with E-state index in [1.165, 1.54) is 0 Å². The zero-order valence-electron chi connectivity index (χ0n) is 9.89. The molecule has 0 N–H and O–H groups in total. The van der Waals surface area contributed by atoms with Crippen LogP contribution < -0.4 is 4.52 Å². The average Bonchev–Trinajstić information content (AvgIpc) is 2.31. The third kappa shape index (κ3) is 4.38. The number of hydrogen-bond acceptors (Lipinski definition) is 3. The Morgan fingerprint density at radius 3 is 2.44 bits per heavy atom. The molecule has 90 valence electrons. The second-order valence-corrected chi connectivity index (χ2v) is 5.81. The smallest absolute Gasteiger partial charge is 0.378 e. The lowest BCUT2D eigenvalue weighted by Crippen LogP contribution is -2.01. The summed E-state index contributed by atoms with van der Waals surface area (Å²) in [6.45, 7) is 4.38. The van der Waals surface area contributed by atoms with Crippen LogP contribution in [0, 0.1) is 0 Å². The van der Waals surface area contributed by atoms with Crippen molar-refractivity contribution in [2.75, 3.05) is 12.8 Å². The molecular formula is C12H19O3P. The summed E-state index contributed by atoms with van der Waals surface area (Å²) in [6.07, 6.45) is 2.32. The maximum absolute atomic E-state index is 12.2. The lowest BCUT2D eigenvalue weighted by molar-refractivity contribution is 0.261. The molecule has 1 aromatic carbocycles. The lowest BCUT2D eigenvalue weighted by atomic mass is 10.3. The fourth-order valence-corrected chi connectivity index (χ4v) is 2.39. The zero-order valence-corrected chi connectivity index (χ0v) is 10.8. The minimum atomic E-state index is -2.95. The van der Waals surface area contributed by atoms with E-state index >= 15 is 0 Å². The molecule has 0 fully saturated rings. The number of benzene rings is 1. The summed E-state index contributed by atoms with van der Waals surface area (Å²) in [5.74, 6) is 0.601. The van der Waals surface area contributed by atoms with Crippen molar-refractivity contribution in [2.45, 2.75) is 26.7 Å². The highest BCUT2D eigenvalue weighted by molar-refractivity contribution is 7.54. The summed E-state index contributed by atoms with van der Waals surface area (Å²) in [7, 11) is -2.95. The first-order valence-corrected chi connectivity index (χ1v) is 7.41. The summed E-state index contributed by atoms with van der Waals surface area (Å²) in [6, 6.07) is 9.15. The van der Waals surface area contributed by atoms with Crippen molar-refractivity contribution < 1.29 is 13.6 Å². The standard InChI is InChI=1S/C12H19O3P/c1-3-5-11-14-16(13,4-2)15-12-9-7-6-8-10-12/h6-10H,3-5,11H2,1-2H3. The molecule has 1 rings (SSSR count). The Labute approximate surface area is 97.3 Å². The van der Waals surface area contributed by atoms with Crippen LogP contribution in [0.4, 0.5) is 0 Å². The Hall–Kier alpha value is -0.790. The first-order valence-electron chi connectivity index (χ1n) is 5.68. The van der Waals surface area contributed by atoms with Gasteiger partial charge in [0.25, 0.3) is 0 Å². The molecule has 0 amide bonds. The van der Waals surface area contributed by atoms with Crippen LogP contribution in [-0.4, -0.2) is 12.8 Å². The van der Waals surface area contributed by atoms with Crippen LogP contribution in [0.3, 0.4) is 0 Å². The molecule has 4 heteroatoms. The Bertz CT molecular complexity index is 337. The molecule has 1 atom stereocenters. The van der Waals surface area contributed by atoms with Crippen molar-refractivity contribution in [3.05, 3.63) is 30.3 Å². The molecule has 16 heavy (non-hydrogen) atoms. The van der Waals surface area contributed by atoms with Gasteiger partial charge in [-0.25, -0.2) is 4.57 Å². The van der Waals surface area contributed by atoms with Gasteiger partial charge in [-0.3, -0.25) is 4.52 Å². The van der Waals surface area contributed by atoms with Crippen molar-refractivity contribution >= 4 is 7.60 Å². The lowest BCUT2D eigenvalue weighted by Gasteiger charge is -2.17. The number of hydrogen-bond donors (Lipinski definition) is 0. The quantitative estimate of drug-likeness (QED) is 0.533. The largest absolute Gasteiger partial charge is 0.424 e. The summed E-state index contributed by atoms with van der Waals surface area (Å²) in [4.78, 5) is 0. The van der Waals surface area contributed by atoms with Crippen LogP contribution in [0.25, 0.3) is 0 Å². The minimum Gasteiger partial charge on any atom is -0.424 e. The van der Waals surface area contributed by atoms with Gasteiger partial charge >= 0.3 is 7.60 Å². The van der Waals surface area contributed by atoms with E-state index in [1.807, 2.05) is 25.1 Å². The topological polar surface area (TPSA) is 35.5 Å². The van der Waals surface area contributed by atoms with Gasteiger partial charge in [0.1, 0.15) is 5.75 Å². The third-order valence-corrected chi connectivity index (χ3v) is 4.00. The van der Waals surface area contributed by atoms with Crippen LogP contribution >= 0.6 is 7.60 Å². The Morgan fingerprint density at radius 1 is 1.19 bits per heavy atom. The van der Waals surface area contributed by atoms with E-state index in [-0.39, 0.29) is 0 Å². The van der Waals surface area contributed by atoms with Gasteiger partial charge in [-0.2, -0.15) is 0 Å². The first kappa shape index (κ1) is 13.3. The molecule has 0 aliphatic heterocycles. The van der Waals surface area contributed by atoms with Crippen molar-refractivity contribution in [1.29, 1.82) is 0 Å². The van der Waals surface area contributed by atoms with Crippen LogP contribution in [0.1, 0.15) is 26.7 Å². The van der Waals surface area contributed by atoms with Gasteiger partial charge in [0.15, 0.2) is 0 Å². The average molecular weight is 242 g/mol. The van der Waals surface area contributed by atoms with E-state index in [9.17, 15) is 4.57 Å². The van der Waals surface area contributed by atoms with E-state index in [0.29, 0.717) is 18.5 Å². The molecule has 0 saturated carbocycles. The highest BCUT2D eigenvalue weighted by Gasteiger charge is 2.22. The van der Waals surface area contributed by atoms with E-state index in [2.05, 4.69) is 6.92 Å². The van der Waals surface area contributed by atoms with Crippen molar-refractivity contribution in [3.8, 4) is 5.75 Å². The molecule has 0 bridgehead atoms. The fraction of sp³-hybridized carbons (Fsp3) is 0.500. The predicted octanol–water partition coefficient (Wildman–Crippen LogP) is 4.10. The van der Waals surface area contributed by atoms with Crippen LogP contribution in [0.15, 0.2) is 30.3 Å². The molecule has 0 aliphatic rings. The normalized spacial score (nSPS) is 14.4. The molecule has 0 radical (unpaired) electrons. The molecule has 0 aliphatic carbocycles. The van der Waals surface area contributed by atoms with E-state index in [4.69, 9.17) is 9.05 Å². The third-order valence-electron chi connectivity index (χ3n) is 2.16. The molecule has 3 nitrogen and oxygen atoms in total. The highest BCUT2D eigenvalue weighted by atomic mass is 31.2. The first-order chi connectivity index (χ1) is 7.70. The van der Waals surface area contributed by atoms with Gasteiger partial charge in [0, 0.05) is 0 Å². The maximum Gasteiger partial charge on any atom is 0.378 e. The Balaban J connectivity index is 2.56. The number of rotatable bonds is 7. The van der Waals surface area contributed by atoms with Gasteiger partial charge in [0.2, 0.25) is 0 Å². The summed E-state index contributed by atoms with van der Waals surface area (Å²) >= 11 is 0. The number of para-hydroxylation sites is 1. The van der Waals surface area contributed by atoms with Gasteiger partial charge < -0.3 is 4.52 Å². The van der Waals surface area contributed by atoms with Crippen molar-refractivity contribution in [2.24, 2.45) is 0 Å². The predicted molar refractivity (Wildman–Crippen MR) is 66.1 cm³/mol.